The highest BCUT2D eigenvalue weighted by Crippen LogP contribution is 2.30. The molecule has 8 heteroatoms. The van der Waals surface area contributed by atoms with Gasteiger partial charge in [-0.15, -0.1) is 5.10 Å². The number of tetrazole rings is 1. The van der Waals surface area contributed by atoms with E-state index >= 15 is 0 Å². The molecule has 4 rings (SSSR count). The predicted molar refractivity (Wildman–Crippen MR) is 97.5 cm³/mol. The quantitative estimate of drug-likeness (QED) is 0.845. The summed E-state index contributed by atoms with van der Waals surface area (Å²) in [5.74, 6) is 1.28. The Labute approximate surface area is 152 Å². The van der Waals surface area contributed by atoms with Gasteiger partial charge in [0.25, 0.3) is 0 Å². The molecule has 1 aliphatic carbocycles. The zero-order valence-electron chi connectivity index (χ0n) is 15.1. The summed E-state index contributed by atoms with van der Waals surface area (Å²) in [5.41, 5.74) is 1.91. The van der Waals surface area contributed by atoms with Crippen LogP contribution in [-0.4, -0.2) is 55.0 Å². The van der Waals surface area contributed by atoms with Gasteiger partial charge in [0.1, 0.15) is 0 Å². The number of anilines is 1. The molecule has 8 nitrogen and oxygen atoms in total. The number of aromatic nitrogens is 5. The summed E-state index contributed by atoms with van der Waals surface area (Å²) >= 11 is 0. The molecule has 1 N–H and O–H groups in total. The number of hydrogen-bond acceptors (Lipinski definition) is 6. The number of nitrogens with zero attached hydrogens (tertiary/aromatic N) is 6. The van der Waals surface area contributed by atoms with E-state index in [0.717, 1.165) is 32.4 Å². The lowest BCUT2D eigenvalue weighted by molar-refractivity contribution is -0.132. The second kappa shape index (κ2) is 7.39. The molecule has 3 heterocycles. The maximum atomic E-state index is 12.8. The molecule has 138 valence electrons. The molecule has 2 aromatic heterocycles. The molecule has 0 saturated heterocycles. The summed E-state index contributed by atoms with van der Waals surface area (Å²) in [6.45, 7) is 3.71. The maximum absolute atomic E-state index is 12.8. The van der Waals surface area contributed by atoms with Gasteiger partial charge in [-0.2, -0.15) is 4.52 Å². The van der Waals surface area contributed by atoms with Gasteiger partial charge in [-0.25, -0.2) is 4.98 Å². The molecule has 2 aromatic rings. The van der Waals surface area contributed by atoms with Crippen molar-refractivity contribution in [1.82, 2.24) is 29.9 Å². The van der Waals surface area contributed by atoms with E-state index in [4.69, 9.17) is 0 Å². The molecule has 1 amide bonds. The van der Waals surface area contributed by atoms with Crippen LogP contribution in [0.4, 0.5) is 5.82 Å². The van der Waals surface area contributed by atoms with Crippen LogP contribution < -0.4 is 5.32 Å². The molecule has 2 atom stereocenters. The molecule has 0 bridgehead atoms. The SMILES string of the molecule is CC1=CCCN(C(=O)C[C@@H]2CCCC[C@@H]2Nc2nccn3nnnc23)C1. The predicted octanol–water partition coefficient (Wildman–Crippen LogP) is 2.06. The Bertz CT molecular complexity index is 815. The highest BCUT2D eigenvalue weighted by atomic mass is 16.2. The molecular weight excluding hydrogens is 330 g/mol. The van der Waals surface area contributed by atoms with Crippen molar-refractivity contribution in [2.75, 3.05) is 18.4 Å². The summed E-state index contributed by atoms with van der Waals surface area (Å²) in [5, 5.41) is 15.2. The third kappa shape index (κ3) is 3.54. The van der Waals surface area contributed by atoms with Gasteiger partial charge < -0.3 is 10.2 Å². The molecule has 0 radical (unpaired) electrons. The number of nitrogens with one attached hydrogen (secondary N) is 1. The van der Waals surface area contributed by atoms with Crippen LogP contribution in [0.15, 0.2) is 24.0 Å². The van der Waals surface area contributed by atoms with Crippen LogP contribution in [-0.2, 0) is 4.79 Å². The highest BCUT2D eigenvalue weighted by Gasteiger charge is 2.30. The van der Waals surface area contributed by atoms with Gasteiger partial charge in [-0.1, -0.05) is 24.5 Å². The molecule has 1 fully saturated rings. The summed E-state index contributed by atoms with van der Waals surface area (Å²) < 4.78 is 1.61. The van der Waals surface area contributed by atoms with Gasteiger partial charge in [0.2, 0.25) is 11.6 Å². The van der Waals surface area contributed by atoms with E-state index in [1.54, 1.807) is 16.9 Å². The van der Waals surface area contributed by atoms with Crippen LogP contribution in [0.3, 0.4) is 0 Å². The van der Waals surface area contributed by atoms with Crippen molar-refractivity contribution in [3.05, 3.63) is 24.0 Å². The van der Waals surface area contributed by atoms with Crippen LogP contribution >= 0.6 is 0 Å². The second-order valence-corrected chi connectivity index (χ2v) is 7.38. The zero-order chi connectivity index (χ0) is 17.9. The fraction of sp³-hybridized carbons (Fsp3) is 0.611. The van der Waals surface area contributed by atoms with Gasteiger partial charge in [-0.05, 0) is 42.5 Å². The zero-order valence-corrected chi connectivity index (χ0v) is 15.1. The van der Waals surface area contributed by atoms with E-state index in [2.05, 4.69) is 38.8 Å². The summed E-state index contributed by atoms with van der Waals surface area (Å²) in [6, 6.07) is 0.226. The fourth-order valence-corrected chi connectivity index (χ4v) is 4.08. The monoisotopic (exact) mass is 355 g/mol. The van der Waals surface area contributed by atoms with Crippen molar-refractivity contribution in [2.45, 2.75) is 51.5 Å². The third-order valence-electron chi connectivity index (χ3n) is 5.47. The number of amides is 1. The Morgan fingerprint density at radius 1 is 1.35 bits per heavy atom. The molecule has 2 aliphatic rings. The number of carbonyl (C=O) groups is 1. The largest absolute Gasteiger partial charge is 0.364 e. The van der Waals surface area contributed by atoms with E-state index in [0.29, 0.717) is 23.8 Å². The smallest absolute Gasteiger partial charge is 0.223 e. The van der Waals surface area contributed by atoms with Crippen LogP contribution in [0.1, 0.15) is 45.4 Å². The van der Waals surface area contributed by atoms with Gasteiger partial charge in [0.05, 0.1) is 6.20 Å². The highest BCUT2D eigenvalue weighted by molar-refractivity contribution is 5.77. The van der Waals surface area contributed by atoms with E-state index in [1.807, 2.05) is 4.90 Å². The topological polar surface area (TPSA) is 88.3 Å². The van der Waals surface area contributed by atoms with E-state index in [1.165, 1.54) is 18.4 Å². The van der Waals surface area contributed by atoms with Gasteiger partial charge in [-0.3, -0.25) is 4.79 Å². The summed E-state index contributed by atoms with van der Waals surface area (Å²) in [7, 11) is 0. The minimum Gasteiger partial charge on any atom is -0.364 e. The molecule has 0 spiro atoms. The Morgan fingerprint density at radius 2 is 2.23 bits per heavy atom. The molecule has 0 aromatic carbocycles. The number of hydrogen-bond donors (Lipinski definition) is 1. The van der Waals surface area contributed by atoms with E-state index in [9.17, 15) is 4.79 Å². The van der Waals surface area contributed by atoms with Crippen molar-refractivity contribution in [1.29, 1.82) is 0 Å². The van der Waals surface area contributed by atoms with Crippen molar-refractivity contribution in [2.24, 2.45) is 5.92 Å². The number of carbonyl (C=O) groups excluding carboxylic acids is 1. The van der Waals surface area contributed by atoms with Crippen LogP contribution in [0.2, 0.25) is 0 Å². The summed E-state index contributed by atoms with van der Waals surface area (Å²) in [6.07, 6.45) is 11.7. The lowest BCUT2D eigenvalue weighted by atomic mass is 9.82. The van der Waals surface area contributed by atoms with E-state index in [-0.39, 0.29) is 11.9 Å². The molecule has 26 heavy (non-hydrogen) atoms. The average Bonchev–Trinajstić information content (AvgIpc) is 3.13. The minimum atomic E-state index is 0.226. The van der Waals surface area contributed by atoms with Crippen LogP contribution in [0.5, 0.6) is 0 Å². The second-order valence-electron chi connectivity index (χ2n) is 7.38. The lowest BCUT2D eigenvalue weighted by Gasteiger charge is -2.34. The minimum absolute atomic E-state index is 0.226. The van der Waals surface area contributed by atoms with Gasteiger partial charge in [0.15, 0.2) is 5.82 Å². The average molecular weight is 355 g/mol. The Hall–Kier alpha value is -2.51. The van der Waals surface area contributed by atoms with E-state index < -0.39 is 0 Å². The molecule has 0 unspecified atom stereocenters. The van der Waals surface area contributed by atoms with Gasteiger partial charge in [0, 0.05) is 31.7 Å². The lowest BCUT2D eigenvalue weighted by Crippen LogP contribution is -2.40. The molecular formula is C18H25N7O. The van der Waals surface area contributed by atoms with Crippen molar-refractivity contribution in [3.63, 3.8) is 0 Å². The van der Waals surface area contributed by atoms with Crippen molar-refractivity contribution < 1.29 is 4.79 Å². The number of fused-ring (bicyclic) bond motifs is 1. The normalized spacial score (nSPS) is 23.7. The molecule has 1 aliphatic heterocycles. The summed E-state index contributed by atoms with van der Waals surface area (Å²) in [4.78, 5) is 19.2. The first kappa shape index (κ1) is 16.9. The van der Waals surface area contributed by atoms with Crippen molar-refractivity contribution in [3.8, 4) is 0 Å². The third-order valence-corrected chi connectivity index (χ3v) is 5.47. The standard InChI is InChI=1S/C18H25N7O/c1-13-5-4-9-24(12-13)16(26)11-14-6-2-3-7-15(14)20-17-18-21-22-23-25(18)10-8-19-17/h5,8,10,14-15H,2-4,6-7,9,11-12H2,1H3,(H,19,20)/t14-,15-/m0/s1. The Balaban J connectivity index is 1.45. The van der Waals surface area contributed by atoms with Crippen LogP contribution in [0.25, 0.3) is 5.65 Å². The van der Waals surface area contributed by atoms with Crippen LogP contribution in [0, 0.1) is 5.92 Å². The molecule has 1 saturated carbocycles. The maximum Gasteiger partial charge on any atom is 0.223 e. The Morgan fingerprint density at radius 3 is 3.12 bits per heavy atom. The first-order valence-electron chi connectivity index (χ1n) is 9.43. The fourth-order valence-electron chi connectivity index (χ4n) is 4.08. The van der Waals surface area contributed by atoms with Crippen molar-refractivity contribution >= 4 is 17.4 Å². The Kier molecular flexibility index (Phi) is 4.81. The first-order chi connectivity index (χ1) is 12.7. The van der Waals surface area contributed by atoms with Gasteiger partial charge >= 0.3 is 0 Å². The number of rotatable bonds is 4. The first-order valence-corrected chi connectivity index (χ1v) is 9.43.